The number of ether oxygens (including phenoxy) is 2. The van der Waals surface area contributed by atoms with Gasteiger partial charge in [0.05, 0.1) is 12.8 Å². The predicted octanol–water partition coefficient (Wildman–Crippen LogP) is 3.57. The Kier molecular flexibility index (Phi) is 7.50. The quantitative estimate of drug-likeness (QED) is 0.561. The molecule has 5 heteroatoms. The van der Waals surface area contributed by atoms with Crippen LogP contribution in [-0.2, 0) is 11.2 Å². The Bertz CT molecular complexity index is 679. The van der Waals surface area contributed by atoms with Crippen molar-refractivity contribution in [3.8, 4) is 11.5 Å². The number of carbonyl (C=O) groups excluding carboxylic acids is 1. The van der Waals surface area contributed by atoms with Crippen LogP contribution in [0.5, 0.6) is 11.5 Å². The summed E-state index contributed by atoms with van der Waals surface area (Å²) in [5, 5.41) is 3.93. The molecule has 2 aromatic carbocycles. The molecule has 0 fully saturated rings. The number of aryl methyl sites for hydroxylation is 1. The number of carbonyl (C=O) groups is 1. The number of hydrogen-bond acceptors (Lipinski definition) is 4. The Morgan fingerprint density at radius 2 is 1.64 bits per heavy atom. The molecule has 0 saturated carbocycles. The van der Waals surface area contributed by atoms with E-state index in [0.717, 1.165) is 24.2 Å². The fraction of sp³-hybridized carbons (Fsp3) is 0.300. The van der Waals surface area contributed by atoms with E-state index in [2.05, 4.69) is 24.4 Å². The van der Waals surface area contributed by atoms with Gasteiger partial charge in [-0.25, -0.2) is 5.43 Å². The van der Waals surface area contributed by atoms with E-state index in [1.807, 2.05) is 48.5 Å². The molecule has 0 aliphatic carbocycles. The van der Waals surface area contributed by atoms with Gasteiger partial charge in [-0.2, -0.15) is 5.10 Å². The number of rotatable bonds is 9. The molecule has 25 heavy (non-hydrogen) atoms. The van der Waals surface area contributed by atoms with Crippen molar-refractivity contribution in [1.82, 2.24) is 5.43 Å². The lowest BCUT2D eigenvalue weighted by Gasteiger charge is -2.06. The molecule has 0 unspecified atom stereocenters. The zero-order chi connectivity index (χ0) is 17.9. The highest BCUT2D eigenvalue weighted by Gasteiger charge is 2.01. The molecule has 132 valence electrons. The van der Waals surface area contributed by atoms with Crippen LogP contribution in [0.1, 0.15) is 31.4 Å². The van der Waals surface area contributed by atoms with E-state index < -0.39 is 0 Å². The van der Waals surface area contributed by atoms with Gasteiger partial charge in [-0.1, -0.05) is 26.0 Å². The van der Waals surface area contributed by atoms with Crippen molar-refractivity contribution in [2.75, 3.05) is 13.2 Å². The minimum atomic E-state index is -0.307. The first-order chi connectivity index (χ1) is 12.2. The molecule has 2 aromatic rings. The summed E-state index contributed by atoms with van der Waals surface area (Å²) < 4.78 is 10.9. The topological polar surface area (TPSA) is 59.9 Å². The van der Waals surface area contributed by atoms with Crippen molar-refractivity contribution >= 4 is 12.1 Å². The Labute approximate surface area is 148 Å². The van der Waals surface area contributed by atoms with Crippen molar-refractivity contribution in [3.63, 3.8) is 0 Å². The van der Waals surface area contributed by atoms with Crippen molar-refractivity contribution in [1.29, 1.82) is 0 Å². The van der Waals surface area contributed by atoms with E-state index in [9.17, 15) is 4.79 Å². The van der Waals surface area contributed by atoms with E-state index >= 15 is 0 Å². The Morgan fingerprint density at radius 1 is 1.00 bits per heavy atom. The Morgan fingerprint density at radius 3 is 2.28 bits per heavy atom. The van der Waals surface area contributed by atoms with Crippen molar-refractivity contribution < 1.29 is 14.3 Å². The number of hydrazone groups is 1. The number of amides is 1. The van der Waals surface area contributed by atoms with Crippen LogP contribution in [0.15, 0.2) is 53.6 Å². The lowest BCUT2D eigenvalue weighted by molar-refractivity contribution is -0.123. The third-order valence-corrected chi connectivity index (χ3v) is 3.46. The van der Waals surface area contributed by atoms with E-state index in [0.29, 0.717) is 12.4 Å². The number of benzene rings is 2. The summed E-state index contributed by atoms with van der Waals surface area (Å²) in [6.07, 6.45) is 3.53. The third kappa shape index (κ3) is 6.67. The number of nitrogens with zero attached hydrogens (tertiary/aromatic N) is 1. The minimum Gasteiger partial charge on any atom is -0.494 e. The highest BCUT2D eigenvalue weighted by Crippen LogP contribution is 2.12. The van der Waals surface area contributed by atoms with E-state index in [4.69, 9.17) is 9.47 Å². The van der Waals surface area contributed by atoms with Gasteiger partial charge < -0.3 is 9.47 Å². The second-order valence-corrected chi connectivity index (χ2v) is 5.50. The largest absolute Gasteiger partial charge is 0.494 e. The first-order valence-electron chi connectivity index (χ1n) is 8.47. The van der Waals surface area contributed by atoms with Gasteiger partial charge >= 0.3 is 0 Å². The number of hydrogen-bond donors (Lipinski definition) is 1. The van der Waals surface area contributed by atoms with Crippen molar-refractivity contribution in [2.45, 2.75) is 26.7 Å². The maximum absolute atomic E-state index is 11.7. The predicted molar refractivity (Wildman–Crippen MR) is 99.3 cm³/mol. The molecule has 0 aliphatic rings. The fourth-order valence-electron chi connectivity index (χ4n) is 2.05. The molecule has 0 aromatic heterocycles. The molecule has 0 heterocycles. The van der Waals surface area contributed by atoms with Gasteiger partial charge in [-0.3, -0.25) is 4.79 Å². The van der Waals surface area contributed by atoms with Crippen LogP contribution in [-0.4, -0.2) is 25.3 Å². The lowest BCUT2D eigenvalue weighted by atomic mass is 10.2. The SMILES string of the molecule is CCCOc1ccc(/C=N\NC(=O)COc2ccc(CC)cc2)cc1. The normalized spacial score (nSPS) is 10.6. The molecule has 1 N–H and O–H groups in total. The Hall–Kier alpha value is -2.82. The molecule has 5 nitrogen and oxygen atoms in total. The fourth-order valence-corrected chi connectivity index (χ4v) is 2.05. The minimum absolute atomic E-state index is 0.0768. The van der Waals surface area contributed by atoms with Crippen LogP contribution in [0.3, 0.4) is 0 Å². The molecule has 0 radical (unpaired) electrons. The van der Waals surface area contributed by atoms with E-state index in [1.54, 1.807) is 6.21 Å². The molecular weight excluding hydrogens is 316 g/mol. The third-order valence-electron chi connectivity index (χ3n) is 3.46. The van der Waals surface area contributed by atoms with Gasteiger partial charge in [0.15, 0.2) is 6.61 Å². The first-order valence-corrected chi connectivity index (χ1v) is 8.47. The van der Waals surface area contributed by atoms with E-state index in [-0.39, 0.29) is 12.5 Å². The smallest absolute Gasteiger partial charge is 0.277 e. The van der Waals surface area contributed by atoms with Crippen LogP contribution >= 0.6 is 0 Å². The summed E-state index contributed by atoms with van der Waals surface area (Å²) in [4.78, 5) is 11.7. The molecule has 0 bridgehead atoms. The second-order valence-electron chi connectivity index (χ2n) is 5.50. The van der Waals surface area contributed by atoms with Crippen LogP contribution in [0.2, 0.25) is 0 Å². The standard InChI is InChI=1S/C20H24N2O3/c1-3-13-24-18-11-7-17(8-12-18)14-21-22-20(23)15-25-19-9-5-16(4-2)6-10-19/h5-12,14H,3-4,13,15H2,1-2H3,(H,22,23)/b21-14-. The van der Waals surface area contributed by atoms with Crippen LogP contribution in [0, 0.1) is 0 Å². The molecular formula is C20H24N2O3. The summed E-state index contributed by atoms with van der Waals surface area (Å²) >= 11 is 0. The molecule has 0 spiro atoms. The average Bonchev–Trinajstić information content (AvgIpc) is 2.66. The van der Waals surface area contributed by atoms with Crippen LogP contribution < -0.4 is 14.9 Å². The summed E-state index contributed by atoms with van der Waals surface area (Å²) in [6, 6.07) is 15.2. The van der Waals surface area contributed by atoms with Gasteiger partial charge in [0.25, 0.3) is 5.91 Å². The van der Waals surface area contributed by atoms with Gasteiger partial charge in [0.2, 0.25) is 0 Å². The van der Waals surface area contributed by atoms with E-state index in [1.165, 1.54) is 5.56 Å². The van der Waals surface area contributed by atoms with Crippen LogP contribution in [0.25, 0.3) is 0 Å². The maximum atomic E-state index is 11.7. The molecule has 2 rings (SSSR count). The van der Waals surface area contributed by atoms with Gasteiger partial charge in [0.1, 0.15) is 11.5 Å². The van der Waals surface area contributed by atoms with Gasteiger partial charge in [-0.15, -0.1) is 0 Å². The van der Waals surface area contributed by atoms with Crippen molar-refractivity contribution in [3.05, 3.63) is 59.7 Å². The van der Waals surface area contributed by atoms with Crippen molar-refractivity contribution in [2.24, 2.45) is 5.10 Å². The second kappa shape index (κ2) is 10.1. The molecule has 1 amide bonds. The van der Waals surface area contributed by atoms with Crippen LogP contribution in [0.4, 0.5) is 0 Å². The highest BCUT2D eigenvalue weighted by molar-refractivity contribution is 5.83. The summed E-state index contributed by atoms with van der Waals surface area (Å²) in [5.74, 6) is 1.18. The van der Waals surface area contributed by atoms with Gasteiger partial charge in [-0.05, 0) is 60.4 Å². The maximum Gasteiger partial charge on any atom is 0.277 e. The highest BCUT2D eigenvalue weighted by atomic mass is 16.5. The van der Waals surface area contributed by atoms with Gasteiger partial charge in [0, 0.05) is 0 Å². The zero-order valence-corrected chi connectivity index (χ0v) is 14.7. The molecule has 0 saturated heterocycles. The first kappa shape index (κ1) is 18.5. The Balaban J connectivity index is 1.73. The number of nitrogens with one attached hydrogen (secondary N) is 1. The molecule has 0 aliphatic heterocycles. The summed E-state index contributed by atoms with van der Waals surface area (Å²) in [6.45, 7) is 4.78. The zero-order valence-electron chi connectivity index (χ0n) is 14.7. The summed E-state index contributed by atoms with van der Waals surface area (Å²) in [7, 11) is 0. The average molecular weight is 340 g/mol. The summed E-state index contributed by atoms with van der Waals surface area (Å²) in [5.41, 5.74) is 4.55. The lowest BCUT2D eigenvalue weighted by Crippen LogP contribution is -2.24. The monoisotopic (exact) mass is 340 g/mol. The molecule has 0 atom stereocenters.